The van der Waals surface area contributed by atoms with Crippen molar-refractivity contribution in [2.24, 2.45) is 5.41 Å². The standard InChI is InChI=1S/C23H33N4O8PS/c1-23(2,15-28)21(30)37-11-10-33-36(32,25-13-16-6-4-3-5-7-16)34-14-18-17(29)12-20(35-18)27-9-8-19(24)26-22(27)31/h3-9,17-18,20,28-29H,10-15H2,1-2H3,(H,25,32)(H2,24,26,31)/t17?,18-,20+,36?/m0/s1. The van der Waals surface area contributed by atoms with Gasteiger partial charge in [0.1, 0.15) is 18.1 Å². The third kappa shape index (κ3) is 8.45. The molecule has 14 heteroatoms. The molecule has 0 aliphatic carbocycles. The quantitative estimate of drug-likeness (QED) is 0.208. The Morgan fingerprint density at radius 2 is 2.05 bits per heavy atom. The minimum absolute atomic E-state index is 0.0693. The number of benzene rings is 1. The Morgan fingerprint density at radius 3 is 2.73 bits per heavy atom. The number of aliphatic hydroxyl groups excluding tert-OH is 2. The number of thioether (sulfide) groups is 1. The van der Waals surface area contributed by atoms with Gasteiger partial charge in [0.05, 0.1) is 31.3 Å². The topological polar surface area (TPSA) is 175 Å². The zero-order chi connectivity index (χ0) is 27.1. The number of hydrogen-bond donors (Lipinski definition) is 4. The average Bonchev–Trinajstić information content (AvgIpc) is 3.24. The third-order valence-corrected chi connectivity index (χ3v) is 8.36. The van der Waals surface area contributed by atoms with E-state index in [0.29, 0.717) is 0 Å². The maximum Gasteiger partial charge on any atom is 0.405 e. The summed E-state index contributed by atoms with van der Waals surface area (Å²) in [6, 6.07) is 10.7. The number of anilines is 1. The van der Waals surface area contributed by atoms with Gasteiger partial charge in [-0.2, -0.15) is 4.98 Å². The van der Waals surface area contributed by atoms with Gasteiger partial charge in [0.2, 0.25) is 0 Å². The molecule has 1 fully saturated rings. The Labute approximate surface area is 219 Å². The maximum atomic E-state index is 13.5. The predicted octanol–water partition coefficient (Wildman–Crippen LogP) is 1.68. The number of hydrogen-bond acceptors (Lipinski definition) is 11. The van der Waals surface area contributed by atoms with Crippen molar-refractivity contribution in [1.29, 1.82) is 0 Å². The summed E-state index contributed by atoms with van der Waals surface area (Å²) >= 11 is 0.967. The lowest BCUT2D eigenvalue weighted by atomic mass is 9.97. The molecule has 1 aliphatic rings. The Hall–Kier alpha value is -2.09. The lowest BCUT2D eigenvalue weighted by molar-refractivity contribution is -0.119. The van der Waals surface area contributed by atoms with Crippen LogP contribution in [-0.2, 0) is 29.7 Å². The molecule has 1 aromatic carbocycles. The minimum Gasteiger partial charge on any atom is -0.395 e. The summed E-state index contributed by atoms with van der Waals surface area (Å²) in [6.45, 7) is 2.81. The molecular weight excluding hydrogens is 523 g/mol. The molecule has 1 saturated heterocycles. The van der Waals surface area contributed by atoms with Crippen LogP contribution in [0.5, 0.6) is 0 Å². The summed E-state index contributed by atoms with van der Waals surface area (Å²) in [5.74, 6) is 0.266. The Balaban J connectivity index is 1.60. The number of carbonyl (C=O) groups is 1. The molecule has 0 spiro atoms. The Bertz CT molecular complexity index is 1150. The summed E-state index contributed by atoms with van der Waals surface area (Å²) in [4.78, 5) is 28.0. The molecule has 204 valence electrons. The molecule has 0 saturated carbocycles. The van der Waals surface area contributed by atoms with Crippen LogP contribution in [0.2, 0.25) is 0 Å². The smallest absolute Gasteiger partial charge is 0.395 e. The second-order valence-electron chi connectivity index (χ2n) is 9.10. The summed E-state index contributed by atoms with van der Waals surface area (Å²) in [5, 5.41) is 22.4. The zero-order valence-electron chi connectivity index (χ0n) is 20.7. The van der Waals surface area contributed by atoms with E-state index in [4.69, 9.17) is 19.5 Å². The summed E-state index contributed by atoms with van der Waals surface area (Å²) in [7, 11) is -3.89. The number of nitrogens with one attached hydrogen (secondary N) is 1. The van der Waals surface area contributed by atoms with Crippen LogP contribution < -0.4 is 16.5 Å². The molecule has 0 amide bonds. The molecule has 37 heavy (non-hydrogen) atoms. The van der Waals surface area contributed by atoms with E-state index in [-0.39, 0.29) is 49.5 Å². The van der Waals surface area contributed by atoms with Gasteiger partial charge in [-0.05, 0) is 25.5 Å². The average molecular weight is 557 g/mol. The monoisotopic (exact) mass is 556 g/mol. The van der Waals surface area contributed by atoms with Crippen molar-refractivity contribution in [2.45, 2.75) is 45.2 Å². The van der Waals surface area contributed by atoms with Crippen LogP contribution in [0, 0.1) is 5.41 Å². The van der Waals surface area contributed by atoms with E-state index in [1.807, 2.05) is 30.3 Å². The first-order valence-electron chi connectivity index (χ1n) is 11.7. The van der Waals surface area contributed by atoms with Gasteiger partial charge in [-0.1, -0.05) is 42.1 Å². The molecule has 2 aromatic rings. The van der Waals surface area contributed by atoms with Gasteiger partial charge in [-0.15, -0.1) is 0 Å². The first kappa shape index (κ1) is 29.5. The molecule has 0 bridgehead atoms. The van der Waals surface area contributed by atoms with Crippen LogP contribution in [0.4, 0.5) is 5.82 Å². The van der Waals surface area contributed by atoms with E-state index in [2.05, 4.69) is 10.1 Å². The fourth-order valence-electron chi connectivity index (χ4n) is 3.32. The van der Waals surface area contributed by atoms with E-state index < -0.39 is 37.3 Å². The van der Waals surface area contributed by atoms with Crippen molar-refractivity contribution in [2.75, 3.05) is 31.3 Å². The number of nitrogens with zero attached hydrogens (tertiary/aromatic N) is 2. The summed E-state index contributed by atoms with van der Waals surface area (Å²) in [5.41, 5.74) is 4.85. The number of carbonyl (C=O) groups excluding carboxylic acids is 1. The van der Waals surface area contributed by atoms with Crippen molar-refractivity contribution in [3.63, 3.8) is 0 Å². The summed E-state index contributed by atoms with van der Waals surface area (Å²) in [6.07, 6.45) is -1.14. The molecule has 0 radical (unpaired) electrons. The lowest BCUT2D eigenvalue weighted by Gasteiger charge is -2.23. The van der Waals surface area contributed by atoms with Crippen molar-refractivity contribution in [3.05, 3.63) is 58.6 Å². The molecule has 12 nitrogen and oxygen atoms in total. The van der Waals surface area contributed by atoms with Gasteiger partial charge in [-0.3, -0.25) is 18.4 Å². The molecule has 2 unspecified atom stereocenters. The van der Waals surface area contributed by atoms with Crippen LogP contribution in [0.15, 0.2) is 47.4 Å². The van der Waals surface area contributed by atoms with Crippen LogP contribution in [0.3, 0.4) is 0 Å². The third-order valence-electron chi connectivity index (χ3n) is 5.62. The summed E-state index contributed by atoms with van der Waals surface area (Å²) < 4.78 is 31.6. The minimum atomic E-state index is -3.89. The molecule has 3 rings (SSSR count). The predicted molar refractivity (Wildman–Crippen MR) is 139 cm³/mol. The molecular formula is C23H33N4O8PS. The van der Waals surface area contributed by atoms with E-state index in [1.54, 1.807) is 13.8 Å². The number of rotatable bonds is 13. The second kappa shape index (κ2) is 13.1. The fourth-order valence-corrected chi connectivity index (χ4v) is 5.56. The van der Waals surface area contributed by atoms with Gasteiger partial charge in [0.25, 0.3) is 0 Å². The zero-order valence-corrected chi connectivity index (χ0v) is 22.4. The first-order chi connectivity index (χ1) is 17.5. The number of ether oxygens (including phenoxy) is 1. The van der Waals surface area contributed by atoms with Crippen molar-refractivity contribution in [3.8, 4) is 0 Å². The van der Waals surface area contributed by atoms with Gasteiger partial charge in [0, 0.05) is 24.9 Å². The van der Waals surface area contributed by atoms with E-state index in [1.165, 1.54) is 16.8 Å². The van der Waals surface area contributed by atoms with Crippen LogP contribution in [0.1, 0.15) is 32.1 Å². The molecule has 2 heterocycles. The lowest BCUT2D eigenvalue weighted by Crippen LogP contribution is -2.29. The first-order valence-corrected chi connectivity index (χ1v) is 14.2. The highest BCUT2D eigenvalue weighted by molar-refractivity contribution is 8.13. The Morgan fingerprint density at radius 1 is 1.32 bits per heavy atom. The number of nitrogen functional groups attached to an aromatic ring is 1. The highest BCUT2D eigenvalue weighted by Crippen LogP contribution is 2.45. The van der Waals surface area contributed by atoms with E-state index >= 15 is 0 Å². The van der Waals surface area contributed by atoms with Gasteiger partial charge in [0.15, 0.2) is 5.12 Å². The fraction of sp³-hybridized carbons (Fsp3) is 0.522. The maximum absolute atomic E-state index is 13.5. The molecule has 1 aliphatic heterocycles. The van der Waals surface area contributed by atoms with Gasteiger partial charge >= 0.3 is 13.4 Å². The van der Waals surface area contributed by atoms with Crippen LogP contribution in [-0.4, -0.2) is 62.7 Å². The number of nitrogens with two attached hydrogens (primary N) is 1. The number of aliphatic hydroxyl groups is 2. The van der Waals surface area contributed by atoms with Crippen molar-refractivity contribution >= 4 is 30.4 Å². The van der Waals surface area contributed by atoms with Gasteiger partial charge < -0.3 is 20.7 Å². The molecule has 5 N–H and O–H groups in total. The van der Waals surface area contributed by atoms with Crippen LogP contribution >= 0.6 is 19.5 Å². The Kier molecular flexibility index (Phi) is 10.4. The van der Waals surface area contributed by atoms with E-state index in [9.17, 15) is 24.4 Å². The molecule has 4 atom stereocenters. The normalized spacial score (nSPS) is 21.6. The second-order valence-corrected chi connectivity index (χ2v) is 12.0. The SMILES string of the molecule is CC(C)(CO)C(=O)SCCOP(=O)(NCc1ccccc1)OC[C@@H]1O[C@@H](n2ccc(N)nc2=O)CC1O. The van der Waals surface area contributed by atoms with Gasteiger partial charge in [-0.25, -0.2) is 14.4 Å². The highest BCUT2D eigenvalue weighted by Gasteiger charge is 2.38. The van der Waals surface area contributed by atoms with Crippen LogP contribution in [0.25, 0.3) is 0 Å². The van der Waals surface area contributed by atoms with E-state index in [0.717, 1.165) is 17.3 Å². The number of aromatic nitrogens is 2. The van der Waals surface area contributed by atoms with Crippen molar-refractivity contribution < 1.29 is 33.4 Å². The molecule has 1 aromatic heterocycles. The largest absolute Gasteiger partial charge is 0.405 e. The van der Waals surface area contributed by atoms with Crippen molar-refractivity contribution in [1.82, 2.24) is 14.6 Å². The highest BCUT2D eigenvalue weighted by atomic mass is 32.2.